The minimum Gasteiger partial charge on any atom is -0.396 e. The molecule has 3 heteroatoms. The van der Waals surface area contributed by atoms with Gasteiger partial charge in [-0.15, -0.1) is 0 Å². The summed E-state index contributed by atoms with van der Waals surface area (Å²) < 4.78 is 0. The van der Waals surface area contributed by atoms with Gasteiger partial charge in [-0.3, -0.25) is 0 Å². The fourth-order valence-electron chi connectivity index (χ4n) is 4.18. The van der Waals surface area contributed by atoms with Crippen LogP contribution in [0.15, 0.2) is 0 Å². The van der Waals surface area contributed by atoms with E-state index in [4.69, 9.17) is 0 Å². The van der Waals surface area contributed by atoms with Gasteiger partial charge >= 0.3 is 0 Å². The molecule has 1 aliphatic heterocycles. The van der Waals surface area contributed by atoms with Gasteiger partial charge in [0, 0.05) is 31.2 Å². The van der Waals surface area contributed by atoms with Gasteiger partial charge in [-0.2, -0.15) is 0 Å². The van der Waals surface area contributed by atoms with Gasteiger partial charge < -0.3 is 14.9 Å². The van der Waals surface area contributed by atoms with Crippen molar-refractivity contribution in [3.63, 3.8) is 0 Å². The van der Waals surface area contributed by atoms with Crippen molar-refractivity contribution in [1.82, 2.24) is 9.80 Å². The van der Waals surface area contributed by atoms with Gasteiger partial charge in [-0.1, -0.05) is 19.8 Å². The second kappa shape index (κ2) is 6.55. The molecule has 2 rings (SSSR count). The third-order valence-electron chi connectivity index (χ3n) is 5.29. The molecule has 2 aliphatic rings. The average Bonchev–Trinajstić information content (AvgIpc) is 2.39. The maximum atomic E-state index is 9.93. The SMILES string of the molecule is CC1CCCC(CO)(CN2CCCC(N(C)C)C2)C1. The lowest BCUT2D eigenvalue weighted by molar-refractivity contribution is 0.00802. The summed E-state index contributed by atoms with van der Waals surface area (Å²) in [7, 11) is 4.39. The van der Waals surface area contributed by atoms with Crippen molar-refractivity contribution < 1.29 is 5.11 Å². The van der Waals surface area contributed by atoms with E-state index >= 15 is 0 Å². The molecule has 112 valence electrons. The molecule has 19 heavy (non-hydrogen) atoms. The van der Waals surface area contributed by atoms with E-state index in [-0.39, 0.29) is 5.41 Å². The number of hydrogen-bond acceptors (Lipinski definition) is 3. The van der Waals surface area contributed by atoms with E-state index < -0.39 is 0 Å². The van der Waals surface area contributed by atoms with Crippen molar-refractivity contribution in [2.45, 2.75) is 51.5 Å². The molecule has 1 saturated heterocycles. The number of likely N-dealkylation sites (tertiary alicyclic amines) is 1. The van der Waals surface area contributed by atoms with Crippen LogP contribution in [0.1, 0.15) is 45.4 Å². The van der Waals surface area contributed by atoms with E-state index in [1.165, 1.54) is 51.6 Å². The molecule has 0 radical (unpaired) electrons. The summed E-state index contributed by atoms with van der Waals surface area (Å²) in [6.45, 7) is 6.24. The van der Waals surface area contributed by atoms with E-state index in [0.717, 1.165) is 12.5 Å². The number of aliphatic hydroxyl groups excluding tert-OH is 1. The van der Waals surface area contributed by atoms with Crippen LogP contribution in [0.3, 0.4) is 0 Å². The molecule has 3 atom stereocenters. The summed E-state index contributed by atoms with van der Waals surface area (Å²) >= 11 is 0. The van der Waals surface area contributed by atoms with Gasteiger partial charge in [0.25, 0.3) is 0 Å². The predicted octanol–water partition coefficient (Wildman–Crippen LogP) is 2.20. The maximum Gasteiger partial charge on any atom is 0.0499 e. The van der Waals surface area contributed by atoms with Crippen molar-refractivity contribution in [2.75, 3.05) is 40.3 Å². The molecule has 1 heterocycles. The second-order valence-electron chi connectivity index (χ2n) is 7.35. The Labute approximate surface area is 119 Å². The fourth-order valence-corrected chi connectivity index (χ4v) is 4.18. The molecule has 3 nitrogen and oxygen atoms in total. The van der Waals surface area contributed by atoms with Crippen LogP contribution < -0.4 is 0 Å². The third kappa shape index (κ3) is 3.93. The Balaban J connectivity index is 1.94. The molecule has 1 aliphatic carbocycles. The highest BCUT2D eigenvalue weighted by Crippen LogP contribution is 2.40. The molecule has 2 fully saturated rings. The summed E-state index contributed by atoms with van der Waals surface area (Å²) in [6.07, 6.45) is 7.71. The number of nitrogens with zero attached hydrogens (tertiary/aromatic N) is 2. The van der Waals surface area contributed by atoms with E-state index in [0.29, 0.717) is 12.6 Å². The quantitative estimate of drug-likeness (QED) is 0.847. The zero-order valence-electron chi connectivity index (χ0n) is 13.1. The van der Waals surface area contributed by atoms with Crippen molar-refractivity contribution in [3.05, 3.63) is 0 Å². The first-order chi connectivity index (χ1) is 9.04. The Hall–Kier alpha value is -0.120. The summed E-state index contributed by atoms with van der Waals surface area (Å²) in [6, 6.07) is 0.700. The van der Waals surface area contributed by atoms with Crippen LogP contribution in [0, 0.1) is 11.3 Å². The smallest absolute Gasteiger partial charge is 0.0499 e. The Morgan fingerprint density at radius 2 is 2.05 bits per heavy atom. The largest absolute Gasteiger partial charge is 0.396 e. The summed E-state index contributed by atoms with van der Waals surface area (Å²) in [5.41, 5.74) is 0.186. The number of likely N-dealkylation sites (N-methyl/N-ethyl adjacent to an activating group) is 1. The molecule has 0 spiro atoms. The Bertz CT molecular complexity index is 282. The van der Waals surface area contributed by atoms with Crippen molar-refractivity contribution in [3.8, 4) is 0 Å². The molecule has 1 saturated carbocycles. The topological polar surface area (TPSA) is 26.7 Å². The minimum absolute atomic E-state index is 0.186. The summed E-state index contributed by atoms with van der Waals surface area (Å²) in [5.74, 6) is 0.787. The minimum atomic E-state index is 0.186. The molecule has 1 N–H and O–H groups in total. The zero-order chi connectivity index (χ0) is 13.9. The summed E-state index contributed by atoms with van der Waals surface area (Å²) in [5, 5.41) is 9.93. The molecular formula is C16H32N2O. The van der Waals surface area contributed by atoms with Crippen LogP contribution in [-0.4, -0.2) is 61.3 Å². The highest BCUT2D eigenvalue weighted by molar-refractivity contribution is 4.90. The van der Waals surface area contributed by atoms with Gasteiger partial charge in [0.2, 0.25) is 0 Å². The van der Waals surface area contributed by atoms with Crippen LogP contribution in [0.25, 0.3) is 0 Å². The van der Waals surface area contributed by atoms with Crippen LogP contribution >= 0.6 is 0 Å². The number of aliphatic hydroxyl groups is 1. The van der Waals surface area contributed by atoms with Crippen LogP contribution in [0.5, 0.6) is 0 Å². The molecule has 0 aromatic rings. The van der Waals surface area contributed by atoms with E-state index in [1.54, 1.807) is 0 Å². The van der Waals surface area contributed by atoms with E-state index in [2.05, 4.69) is 30.8 Å². The fraction of sp³-hybridized carbons (Fsp3) is 1.00. The van der Waals surface area contributed by atoms with Crippen LogP contribution in [0.4, 0.5) is 0 Å². The lowest BCUT2D eigenvalue weighted by atomic mass is 9.70. The van der Waals surface area contributed by atoms with E-state index in [1.807, 2.05) is 0 Å². The standard InChI is InChI=1S/C16H32N2O/c1-14-6-4-8-16(10-14,13-19)12-18-9-5-7-15(11-18)17(2)3/h14-15,19H,4-13H2,1-3H3. The number of hydrogen-bond donors (Lipinski definition) is 1. The van der Waals surface area contributed by atoms with Crippen LogP contribution in [-0.2, 0) is 0 Å². The Morgan fingerprint density at radius 3 is 2.68 bits per heavy atom. The molecule has 0 amide bonds. The second-order valence-corrected chi connectivity index (χ2v) is 7.35. The number of piperidine rings is 1. The first-order valence-electron chi connectivity index (χ1n) is 8.04. The van der Waals surface area contributed by atoms with Gasteiger partial charge in [0.15, 0.2) is 0 Å². The first-order valence-corrected chi connectivity index (χ1v) is 8.04. The van der Waals surface area contributed by atoms with Gasteiger partial charge in [0.1, 0.15) is 0 Å². The predicted molar refractivity (Wildman–Crippen MR) is 80.3 cm³/mol. The van der Waals surface area contributed by atoms with Crippen molar-refractivity contribution in [2.24, 2.45) is 11.3 Å². The van der Waals surface area contributed by atoms with Gasteiger partial charge in [0.05, 0.1) is 0 Å². The highest BCUT2D eigenvalue weighted by Gasteiger charge is 2.37. The Morgan fingerprint density at radius 1 is 1.26 bits per heavy atom. The molecule has 0 aromatic carbocycles. The molecule has 3 unspecified atom stereocenters. The average molecular weight is 268 g/mol. The normalized spacial score (nSPS) is 37.7. The maximum absolute atomic E-state index is 9.93. The summed E-state index contributed by atoms with van der Waals surface area (Å²) in [4.78, 5) is 4.98. The molecule has 0 aromatic heterocycles. The lowest BCUT2D eigenvalue weighted by Gasteiger charge is -2.45. The highest BCUT2D eigenvalue weighted by atomic mass is 16.3. The van der Waals surface area contributed by atoms with E-state index in [9.17, 15) is 5.11 Å². The number of rotatable bonds is 4. The van der Waals surface area contributed by atoms with Gasteiger partial charge in [-0.25, -0.2) is 0 Å². The van der Waals surface area contributed by atoms with Gasteiger partial charge in [-0.05, 0) is 52.2 Å². The first kappa shape index (κ1) is 15.3. The molecular weight excluding hydrogens is 236 g/mol. The lowest BCUT2D eigenvalue weighted by Crippen LogP contribution is -2.50. The third-order valence-corrected chi connectivity index (χ3v) is 5.29. The Kier molecular flexibility index (Phi) is 5.27. The van der Waals surface area contributed by atoms with Crippen LogP contribution in [0.2, 0.25) is 0 Å². The van der Waals surface area contributed by atoms with Crippen molar-refractivity contribution in [1.29, 1.82) is 0 Å². The monoisotopic (exact) mass is 268 g/mol. The molecule has 0 bridgehead atoms. The van der Waals surface area contributed by atoms with Crippen molar-refractivity contribution >= 4 is 0 Å². The zero-order valence-corrected chi connectivity index (χ0v) is 13.1.